The van der Waals surface area contributed by atoms with E-state index in [0.717, 1.165) is 24.9 Å². The van der Waals surface area contributed by atoms with Gasteiger partial charge in [-0.05, 0) is 64.0 Å². The number of benzene rings is 1. The van der Waals surface area contributed by atoms with Gasteiger partial charge in [0, 0.05) is 38.0 Å². The molecular weight excluding hydrogens is 530 g/mol. The molecule has 0 aliphatic carbocycles. The van der Waals surface area contributed by atoms with Crippen LogP contribution in [0.2, 0.25) is 0 Å². The number of ether oxygens (including phenoxy) is 1. The maximum absolute atomic E-state index is 14.6. The fraction of sp³-hybridized carbons (Fsp3) is 0.618. The van der Waals surface area contributed by atoms with Crippen LogP contribution in [0.5, 0.6) is 0 Å². The second-order valence-electron chi connectivity index (χ2n) is 12.5. The molecule has 2 bridgehead atoms. The van der Waals surface area contributed by atoms with Crippen molar-refractivity contribution < 1.29 is 24.2 Å². The first-order valence-corrected chi connectivity index (χ1v) is 15.6. The molecule has 42 heavy (non-hydrogen) atoms. The third-order valence-corrected chi connectivity index (χ3v) is 9.86. The summed E-state index contributed by atoms with van der Waals surface area (Å²) in [6.45, 7) is 17.1. The molecule has 1 N–H and O–H groups in total. The third-order valence-electron chi connectivity index (χ3n) is 9.86. The van der Waals surface area contributed by atoms with Gasteiger partial charge in [0.15, 0.2) is 0 Å². The van der Waals surface area contributed by atoms with Gasteiger partial charge in [0.2, 0.25) is 17.7 Å². The Bertz CT molecular complexity index is 1160. The molecule has 1 aromatic carbocycles. The second kappa shape index (κ2) is 13.1. The Kier molecular flexibility index (Phi) is 9.99. The molecule has 1 spiro atoms. The van der Waals surface area contributed by atoms with Gasteiger partial charge in [-0.2, -0.15) is 0 Å². The maximum Gasteiger partial charge on any atom is 0.248 e. The third kappa shape index (κ3) is 5.32. The van der Waals surface area contributed by atoms with Crippen LogP contribution in [-0.4, -0.2) is 82.2 Å². The van der Waals surface area contributed by atoms with Crippen LogP contribution < -0.4 is 4.90 Å². The van der Waals surface area contributed by atoms with Crippen molar-refractivity contribution in [3.05, 3.63) is 55.6 Å². The molecule has 0 radical (unpaired) electrons. The Labute approximate surface area is 251 Å². The number of para-hydroxylation sites is 1. The van der Waals surface area contributed by atoms with E-state index < -0.39 is 29.1 Å². The molecule has 3 fully saturated rings. The number of anilines is 1. The van der Waals surface area contributed by atoms with E-state index in [0.29, 0.717) is 38.9 Å². The molecule has 1 aromatic rings. The predicted molar refractivity (Wildman–Crippen MR) is 165 cm³/mol. The van der Waals surface area contributed by atoms with Crippen LogP contribution in [-0.2, 0) is 19.1 Å². The Hall–Kier alpha value is -2.97. The van der Waals surface area contributed by atoms with Crippen LogP contribution >= 0.6 is 0 Å². The average molecular weight is 580 g/mol. The van der Waals surface area contributed by atoms with Gasteiger partial charge in [0.25, 0.3) is 0 Å². The molecule has 3 amide bonds. The van der Waals surface area contributed by atoms with Crippen LogP contribution in [0.1, 0.15) is 66.2 Å². The standard InChI is InChI=1S/C34H49N3O5/c1-7-16-25(5)35(19-8-2)32(41)29-34-23-24(4)33(6,42-34)27(28(34)31(40)37(29)21-14-11-15-22-38)30(39)36(20-9-3)26-17-12-10-13-18-26/h8-10,12-13,17-18,24-25,27-29,38H,2-3,7,11,14-16,19-23H2,1,4-6H3/t24?,25?,27-,28-,29?,33+,34?/m0/s1. The minimum Gasteiger partial charge on any atom is -0.396 e. The number of aliphatic hydroxyl groups is 1. The molecule has 8 heteroatoms. The maximum atomic E-state index is 14.6. The molecule has 0 aromatic heterocycles. The zero-order valence-corrected chi connectivity index (χ0v) is 25.8. The molecule has 8 nitrogen and oxygen atoms in total. The second-order valence-corrected chi connectivity index (χ2v) is 12.5. The zero-order valence-electron chi connectivity index (χ0n) is 25.8. The van der Waals surface area contributed by atoms with E-state index in [-0.39, 0.29) is 36.3 Å². The SMILES string of the molecule is C=CCN(C(=O)[C@@H]1[C@H]2C(=O)N(CCCCCO)C(C(=O)N(CC=C)C(C)CCC)C23CC(C)[C@@]1(C)O3)c1ccccc1. The lowest BCUT2D eigenvalue weighted by molar-refractivity contribution is -0.153. The number of aliphatic hydroxyl groups excluding tert-OH is 1. The number of carbonyl (C=O) groups is 3. The molecule has 3 heterocycles. The molecule has 0 saturated carbocycles. The fourth-order valence-corrected chi connectivity index (χ4v) is 7.79. The van der Waals surface area contributed by atoms with E-state index in [2.05, 4.69) is 27.0 Å². The lowest BCUT2D eigenvalue weighted by Crippen LogP contribution is -2.58. The summed E-state index contributed by atoms with van der Waals surface area (Å²) < 4.78 is 6.96. The normalized spacial score (nSPS) is 30.2. The first-order chi connectivity index (χ1) is 20.1. The van der Waals surface area contributed by atoms with Crippen molar-refractivity contribution in [3.63, 3.8) is 0 Å². The van der Waals surface area contributed by atoms with Gasteiger partial charge in [-0.15, -0.1) is 13.2 Å². The van der Waals surface area contributed by atoms with Crippen molar-refractivity contribution in [3.8, 4) is 0 Å². The highest BCUT2D eigenvalue weighted by molar-refractivity contribution is 6.03. The fourth-order valence-electron chi connectivity index (χ4n) is 7.79. The van der Waals surface area contributed by atoms with Gasteiger partial charge >= 0.3 is 0 Å². The summed E-state index contributed by atoms with van der Waals surface area (Å²) in [5, 5.41) is 9.33. The highest BCUT2D eigenvalue weighted by atomic mass is 16.5. The summed E-state index contributed by atoms with van der Waals surface area (Å²) in [6.07, 6.45) is 7.73. The number of hydrogen-bond donors (Lipinski definition) is 1. The Morgan fingerprint density at radius 2 is 1.83 bits per heavy atom. The van der Waals surface area contributed by atoms with E-state index in [9.17, 15) is 19.5 Å². The molecule has 230 valence electrons. The lowest BCUT2D eigenvalue weighted by Gasteiger charge is -2.40. The van der Waals surface area contributed by atoms with E-state index in [4.69, 9.17) is 4.74 Å². The van der Waals surface area contributed by atoms with Crippen LogP contribution in [0.25, 0.3) is 0 Å². The minimum absolute atomic E-state index is 0.0347. The van der Waals surface area contributed by atoms with Gasteiger partial charge in [0.1, 0.15) is 11.6 Å². The first-order valence-electron chi connectivity index (χ1n) is 15.6. The highest BCUT2D eigenvalue weighted by Gasteiger charge is 2.80. The molecule has 3 saturated heterocycles. The molecule has 7 atom stereocenters. The number of amides is 3. The molecule has 3 aliphatic rings. The quantitative estimate of drug-likeness (QED) is 0.243. The van der Waals surface area contributed by atoms with Crippen molar-refractivity contribution in [1.29, 1.82) is 0 Å². The average Bonchev–Trinajstić information content (AvgIpc) is 3.49. The molecule has 4 unspecified atom stereocenters. The molecule has 3 aliphatic heterocycles. The smallest absolute Gasteiger partial charge is 0.248 e. The zero-order chi connectivity index (χ0) is 30.7. The van der Waals surface area contributed by atoms with Crippen molar-refractivity contribution >= 4 is 23.4 Å². The Morgan fingerprint density at radius 3 is 2.45 bits per heavy atom. The summed E-state index contributed by atoms with van der Waals surface area (Å²) in [7, 11) is 0. The van der Waals surface area contributed by atoms with Crippen molar-refractivity contribution in [2.75, 3.05) is 31.1 Å². The van der Waals surface area contributed by atoms with E-state index in [1.807, 2.05) is 49.1 Å². The van der Waals surface area contributed by atoms with E-state index in [1.54, 1.807) is 22.0 Å². The Morgan fingerprint density at radius 1 is 1.14 bits per heavy atom. The lowest BCUT2D eigenvalue weighted by atomic mass is 9.62. The van der Waals surface area contributed by atoms with Gasteiger partial charge in [-0.25, -0.2) is 0 Å². The number of likely N-dealkylation sites (tertiary alicyclic amines) is 1. The largest absolute Gasteiger partial charge is 0.396 e. The topological polar surface area (TPSA) is 90.4 Å². The number of rotatable bonds is 15. The molecule has 4 rings (SSSR count). The van der Waals surface area contributed by atoms with E-state index in [1.165, 1.54) is 0 Å². The monoisotopic (exact) mass is 579 g/mol. The molecular formula is C34H49N3O5. The van der Waals surface area contributed by atoms with Crippen molar-refractivity contribution in [2.45, 2.75) is 89.5 Å². The van der Waals surface area contributed by atoms with Gasteiger partial charge in [-0.1, -0.05) is 50.6 Å². The van der Waals surface area contributed by atoms with Crippen LogP contribution in [0.3, 0.4) is 0 Å². The summed E-state index contributed by atoms with van der Waals surface area (Å²) in [5.41, 5.74) is -1.26. The van der Waals surface area contributed by atoms with Gasteiger partial charge in [-0.3, -0.25) is 14.4 Å². The van der Waals surface area contributed by atoms with Gasteiger partial charge in [0.05, 0.1) is 17.4 Å². The number of hydrogen-bond acceptors (Lipinski definition) is 5. The predicted octanol–water partition coefficient (Wildman–Crippen LogP) is 4.58. The summed E-state index contributed by atoms with van der Waals surface area (Å²) >= 11 is 0. The number of fused-ring (bicyclic) bond motifs is 1. The van der Waals surface area contributed by atoms with Gasteiger partial charge < -0.3 is 24.5 Å². The summed E-state index contributed by atoms with van der Waals surface area (Å²) in [6, 6.07) is 8.58. The highest BCUT2D eigenvalue weighted by Crippen LogP contribution is 2.65. The number of unbranched alkanes of at least 4 members (excludes halogenated alkanes) is 2. The Balaban J connectivity index is 1.80. The van der Waals surface area contributed by atoms with E-state index >= 15 is 0 Å². The summed E-state index contributed by atoms with van der Waals surface area (Å²) in [5.74, 6) is -2.04. The number of carbonyl (C=O) groups excluding carboxylic acids is 3. The minimum atomic E-state index is -1.10. The van der Waals surface area contributed by atoms with Crippen LogP contribution in [0.4, 0.5) is 5.69 Å². The first kappa shape index (κ1) is 32.0. The number of nitrogens with zero attached hydrogens (tertiary/aromatic N) is 3. The van der Waals surface area contributed by atoms with Crippen molar-refractivity contribution in [1.82, 2.24) is 9.80 Å². The summed E-state index contributed by atoms with van der Waals surface area (Å²) in [4.78, 5) is 48.9. The van der Waals surface area contributed by atoms with Crippen molar-refractivity contribution in [2.24, 2.45) is 17.8 Å². The van der Waals surface area contributed by atoms with Crippen LogP contribution in [0.15, 0.2) is 55.6 Å². The van der Waals surface area contributed by atoms with Crippen LogP contribution in [0, 0.1) is 17.8 Å².